The molecule has 2 aliphatic heterocycles. The van der Waals surface area contributed by atoms with E-state index >= 15 is 0 Å². The normalized spacial score (nSPS) is 27.3. The number of rotatable bonds is 3. The summed E-state index contributed by atoms with van der Waals surface area (Å²) in [4.78, 5) is 19.2. The van der Waals surface area contributed by atoms with Crippen LogP contribution in [0.4, 0.5) is 0 Å². The summed E-state index contributed by atoms with van der Waals surface area (Å²) in [7, 11) is 2.18. The Hall–Kier alpha value is -0.650. The van der Waals surface area contributed by atoms with Gasteiger partial charge in [0, 0.05) is 45.3 Å². The molecule has 19 heavy (non-hydrogen) atoms. The standard InChI is InChI=1S/C14H28N4O/c1-3-13-11-16(2)7-4-8-18(13)12-14(19)17-9-5-15-6-10-17/h13,15H,3-12H2,1-2H3. The highest BCUT2D eigenvalue weighted by atomic mass is 16.2. The first kappa shape index (κ1) is 14.8. The summed E-state index contributed by atoms with van der Waals surface area (Å²) in [5, 5.41) is 3.29. The molecule has 1 unspecified atom stereocenters. The van der Waals surface area contributed by atoms with Crippen LogP contribution in [0.3, 0.4) is 0 Å². The molecule has 110 valence electrons. The third kappa shape index (κ3) is 4.16. The molecule has 2 saturated heterocycles. The van der Waals surface area contributed by atoms with E-state index in [2.05, 4.69) is 29.1 Å². The van der Waals surface area contributed by atoms with Gasteiger partial charge in [0.05, 0.1) is 6.54 Å². The SMILES string of the molecule is CCC1CN(C)CCCN1CC(=O)N1CCNCC1. The zero-order valence-electron chi connectivity index (χ0n) is 12.4. The molecule has 0 aromatic carbocycles. The van der Waals surface area contributed by atoms with Gasteiger partial charge in [0.15, 0.2) is 0 Å². The van der Waals surface area contributed by atoms with Crippen molar-refractivity contribution < 1.29 is 4.79 Å². The van der Waals surface area contributed by atoms with Crippen molar-refractivity contribution in [3.8, 4) is 0 Å². The molecule has 5 nitrogen and oxygen atoms in total. The third-order valence-corrected chi connectivity index (χ3v) is 4.30. The van der Waals surface area contributed by atoms with E-state index in [1.807, 2.05) is 4.90 Å². The quantitative estimate of drug-likeness (QED) is 0.772. The number of hydrogen-bond acceptors (Lipinski definition) is 4. The smallest absolute Gasteiger partial charge is 0.236 e. The fourth-order valence-electron chi connectivity index (χ4n) is 3.08. The van der Waals surface area contributed by atoms with Gasteiger partial charge in [0.1, 0.15) is 0 Å². The molecule has 2 aliphatic rings. The Morgan fingerprint density at radius 2 is 1.95 bits per heavy atom. The molecule has 2 heterocycles. The Kier molecular flexibility index (Phi) is 5.60. The van der Waals surface area contributed by atoms with Gasteiger partial charge in [0.25, 0.3) is 0 Å². The van der Waals surface area contributed by atoms with E-state index in [0.29, 0.717) is 18.5 Å². The van der Waals surface area contributed by atoms with Gasteiger partial charge >= 0.3 is 0 Å². The number of piperazine rings is 1. The molecule has 0 aliphatic carbocycles. The van der Waals surface area contributed by atoms with Gasteiger partial charge in [0.2, 0.25) is 5.91 Å². The molecule has 0 spiro atoms. The lowest BCUT2D eigenvalue weighted by Gasteiger charge is -2.33. The summed E-state index contributed by atoms with van der Waals surface area (Å²) in [5.41, 5.74) is 0. The Bertz CT molecular complexity index is 291. The zero-order chi connectivity index (χ0) is 13.7. The first-order valence-electron chi connectivity index (χ1n) is 7.61. The largest absolute Gasteiger partial charge is 0.339 e. The summed E-state index contributed by atoms with van der Waals surface area (Å²) in [6.07, 6.45) is 2.29. The fraction of sp³-hybridized carbons (Fsp3) is 0.929. The van der Waals surface area contributed by atoms with Crippen LogP contribution in [0.15, 0.2) is 0 Å². The summed E-state index contributed by atoms with van der Waals surface area (Å²) < 4.78 is 0. The molecule has 2 fully saturated rings. The lowest BCUT2D eigenvalue weighted by molar-refractivity contribution is -0.133. The lowest BCUT2D eigenvalue weighted by atomic mass is 10.2. The van der Waals surface area contributed by atoms with E-state index in [1.165, 1.54) is 6.42 Å². The van der Waals surface area contributed by atoms with E-state index in [-0.39, 0.29) is 0 Å². The first-order valence-corrected chi connectivity index (χ1v) is 7.61. The monoisotopic (exact) mass is 268 g/mol. The Balaban J connectivity index is 1.89. The lowest BCUT2D eigenvalue weighted by Crippen LogP contribution is -2.51. The van der Waals surface area contributed by atoms with Crippen LogP contribution >= 0.6 is 0 Å². The van der Waals surface area contributed by atoms with E-state index in [1.54, 1.807) is 0 Å². The second-order valence-electron chi connectivity index (χ2n) is 5.78. The maximum atomic E-state index is 12.4. The molecule has 0 bridgehead atoms. The zero-order valence-corrected chi connectivity index (χ0v) is 12.4. The highest BCUT2D eigenvalue weighted by Gasteiger charge is 2.26. The van der Waals surface area contributed by atoms with Crippen LogP contribution < -0.4 is 5.32 Å². The first-order chi connectivity index (χ1) is 9.20. The predicted molar refractivity (Wildman–Crippen MR) is 77.2 cm³/mol. The predicted octanol–water partition coefficient (Wildman–Crippen LogP) is -0.166. The van der Waals surface area contributed by atoms with Crippen LogP contribution in [0.5, 0.6) is 0 Å². The van der Waals surface area contributed by atoms with Gasteiger partial charge in [-0.2, -0.15) is 0 Å². The molecular formula is C14H28N4O. The van der Waals surface area contributed by atoms with Crippen LogP contribution in [-0.2, 0) is 4.79 Å². The average Bonchev–Trinajstić information content (AvgIpc) is 2.61. The van der Waals surface area contributed by atoms with Gasteiger partial charge in [-0.15, -0.1) is 0 Å². The Labute approximate surface area is 116 Å². The summed E-state index contributed by atoms with van der Waals surface area (Å²) in [6, 6.07) is 0.527. The number of nitrogens with zero attached hydrogens (tertiary/aromatic N) is 3. The van der Waals surface area contributed by atoms with Crippen molar-refractivity contribution in [3.63, 3.8) is 0 Å². The van der Waals surface area contributed by atoms with Crippen LogP contribution in [0, 0.1) is 0 Å². The molecule has 1 N–H and O–H groups in total. The number of likely N-dealkylation sites (N-methyl/N-ethyl adjacent to an activating group) is 1. The molecule has 0 radical (unpaired) electrons. The van der Waals surface area contributed by atoms with Crippen molar-refractivity contribution in [2.75, 3.05) is 59.4 Å². The number of nitrogens with one attached hydrogen (secondary N) is 1. The summed E-state index contributed by atoms with van der Waals surface area (Å²) >= 11 is 0. The molecule has 0 aromatic heterocycles. The van der Waals surface area contributed by atoms with Gasteiger partial charge in [-0.3, -0.25) is 9.69 Å². The molecule has 0 saturated carbocycles. The average molecular weight is 268 g/mol. The molecule has 2 rings (SSSR count). The van der Waals surface area contributed by atoms with Crippen molar-refractivity contribution in [3.05, 3.63) is 0 Å². The van der Waals surface area contributed by atoms with Crippen molar-refractivity contribution in [2.45, 2.75) is 25.8 Å². The number of amides is 1. The van der Waals surface area contributed by atoms with Gasteiger partial charge < -0.3 is 15.1 Å². The van der Waals surface area contributed by atoms with Gasteiger partial charge in [-0.05, 0) is 26.4 Å². The minimum Gasteiger partial charge on any atom is -0.339 e. The Morgan fingerprint density at radius 1 is 1.21 bits per heavy atom. The van der Waals surface area contributed by atoms with E-state index in [4.69, 9.17) is 0 Å². The molecule has 1 atom stereocenters. The van der Waals surface area contributed by atoms with Crippen LogP contribution in [0.2, 0.25) is 0 Å². The van der Waals surface area contributed by atoms with Gasteiger partial charge in [-0.1, -0.05) is 6.92 Å². The second kappa shape index (κ2) is 7.22. The minimum atomic E-state index is 0.310. The minimum absolute atomic E-state index is 0.310. The Morgan fingerprint density at radius 3 is 2.63 bits per heavy atom. The van der Waals surface area contributed by atoms with Gasteiger partial charge in [-0.25, -0.2) is 0 Å². The van der Waals surface area contributed by atoms with E-state index in [0.717, 1.165) is 52.2 Å². The van der Waals surface area contributed by atoms with Crippen LogP contribution in [0.1, 0.15) is 19.8 Å². The van der Waals surface area contributed by atoms with Crippen molar-refractivity contribution in [1.82, 2.24) is 20.0 Å². The van der Waals surface area contributed by atoms with Crippen LogP contribution in [-0.4, -0.2) is 86.1 Å². The molecule has 0 aromatic rings. The maximum absolute atomic E-state index is 12.4. The highest BCUT2D eigenvalue weighted by Crippen LogP contribution is 2.12. The maximum Gasteiger partial charge on any atom is 0.236 e. The topological polar surface area (TPSA) is 38.8 Å². The van der Waals surface area contributed by atoms with Crippen molar-refractivity contribution >= 4 is 5.91 Å². The number of hydrogen-bond donors (Lipinski definition) is 1. The van der Waals surface area contributed by atoms with Crippen molar-refractivity contribution in [1.29, 1.82) is 0 Å². The third-order valence-electron chi connectivity index (χ3n) is 4.30. The molecular weight excluding hydrogens is 240 g/mol. The summed E-state index contributed by atoms with van der Waals surface area (Å²) in [6.45, 7) is 9.73. The molecule has 1 amide bonds. The highest BCUT2D eigenvalue weighted by molar-refractivity contribution is 5.78. The second-order valence-corrected chi connectivity index (χ2v) is 5.78. The van der Waals surface area contributed by atoms with Crippen LogP contribution in [0.25, 0.3) is 0 Å². The van der Waals surface area contributed by atoms with E-state index < -0.39 is 0 Å². The number of carbonyl (C=O) groups is 1. The van der Waals surface area contributed by atoms with Crippen molar-refractivity contribution in [2.24, 2.45) is 0 Å². The fourth-order valence-corrected chi connectivity index (χ4v) is 3.08. The summed E-state index contributed by atoms with van der Waals surface area (Å²) in [5.74, 6) is 0.310. The van der Waals surface area contributed by atoms with E-state index in [9.17, 15) is 4.79 Å². The molecule has 5 heteroatoms. The number of carbonyl (C=O) groups excluding carboxylic acids is 1.